The standard InChI is InChI=1S/C29H47N3O4/c1-22-27(30(4)21-23-6-7-23)28(33)25-9-8-24(20-26(25)29(22,2)3)32-12-10-31(11-13-32)14-15-35-18-19-36-17-16-34-5/h8-9,20,22-23,27H,6-7,10-19,21H2,1-5H3/t22-,27?/m0/s1. The summed E-state index contributed by atoms with van der Waals surface area (Å²) in [6.45, 7) is 16.2. The summed E-state index contributed by atoms with van der Waals surface area (Å²) in [5, 5.41) is 0. The highest BCUT2D eigenvalue weighted by molar-refractivity contribution is 6.03. The summed E-state index contributed by atoms with van der Waals surface area (Å²) in [6.07, 6.45) is 2.63. The number of anilines is 1. The fourth-order valence-electron chi connectivity index (χ4n) is 5.79. The van der Waals surface area contributed by atoms with Crippen molar-refractivity contribution < 1.29 is 19.0 Å². The summed E-state index contributed by atoms with van der Waals surface area (Å²) < 4.78 is 16.1. The van der Waals surface area contributed by atoms with Crippen LogP contribution in [0, 0.1) is 11.8 Å². The Morgan fingerprint density at radius 1 is 1.00 bits per heavy atom. The van der Waals surface area contributed by atoms with Crippen LogP contribution in [0.1, 0.15) is 49.5 Å². The van der Waals surface area contributed by atoms with E-state index in [0.29, 0.717) is 32.2 Å². The van der Waals surface area contributed by atoms with E-state index in [1.54, 1.807) is 7.11 Å². The molecule has 0 spiro atoms. The van der Waals surface area contributed by atoms with Gasteiger partial charge in [-0.1, -0.05) is 20.8 Å². The molecule has 7 heteroatoms. The van der Waals surface area contributed by atoms with Gasteiger partial charge < -0.3 is 19.1 Å². The number of ketones is 1. The minimum absolute atomic E-state index is 0.0263. The Bertz CT molecular complexity index is 864. The number of rotatable bonds is 13. The molecule has 1 aliphatic heterocycles. The van der Waals surface area contributed by atoms with Gasteiger partial charge in [-0.15, -0.1) is 0 Å². The molecular formula is C29H47N3O4. The van der Waals surface area contributed by atoms with E-state index in [1.165, 1.54) is 24.1 Å². The van der Waals surface area contributed by atoms with E-state index in [1.807, 2.05) is 0 Å². The first-order chi connectivity index (χ1) is 17.3. The average molecular weight is 502 g/mol. The Morgan fingerprint density at radius 2 is 1.67 bits per heavy atom. The van der Waals surface area contributed by atoms with E-state index in [0.717, 1.165) is 57.4 Å². The molecule has 1 aromatic carbocycles. The van der Waals surface area contributed by atoms with Gasteiger partial charge in [-0.2, -0.15) is 0 Å². The number of carbonyl (C=O) groups is 1. The Kier molecular flexibility index (Phi) is 9.45. The smallest absolute Gasteiger partial charge is 0.180 e. The fourth-order valence-corrected chi connectivity index (χ4v) is 5.79. The van der Waals surface area contributed by atoms with Crippen LogP contribution < -0.4 is 4.90 Å². The van der Waals surface area contributed by atoms with E-state index in [9.17, 15) is 4.79 Å². The maximum Gasteiger partial charge on any atom is 0.180 e. The van der Waals surface area contributed by atoms with Crippen molar-refractivity contribution in [3.63, 3.8) is 0 Å². The molecule has 1 aromatic rings. The van der Waals surface area contributed by atoms with Crippen LogP contribution in [0.2, 0.25) is 0 Å². The molecule has 2 aliphatic carbocycles. The van der Waals surface area contributed by atoms with Gasteiger partial charge in [0.05, 0.1) is 39.1 Å². The topological polar surface area (TPSA) is 54.5 Å². The van der Waals surface area contributed by atoms with Gasteiger partial charge in [-0.25, -0.2) is 0 Å². The number of nitrogens with zero attached hydrogens (tertiary/aromatic N) is 3. The second-order valence-electron chi connectivity index (χ2n) is 11.5. The number of methoxy groups -OCH3 is 1. The maximum atomic E-state index is 13.6. The third-order valence-electron chi connectivity index (χ3n) is 8.65. The number of piperazine rings is 1. The minimum Gasteiger partial charge on any atom is -0.382 e. The van der Waals surface area contributed by atoms with Gasteiger partial charge in [0.15, 0.2) is 5.78 Å². The molecule has 0 amide bonds. The first-order valence-corrected chi connectivity index (χ1v) is 13.8. The minimum atomic E-state index is -0.0475. The van der Waals surface area contributed by atoms with Gasteiger partial charge in [0.2, 0.25) is 0 Å². The lowest BCUT2D eigenvalue weighted by molar-refractivity contribution is 0.0192. The second-order valence-corrected chi connectivity index (χ2v) is 11.5. The van der Waals surface area contributed by atoms with Gasteiger partial charge in [-0.05, 0) is 60.9 Å². The lowest BCUT2D eigenvalue weighted by Gasteiger charge is -2.46. The molecule has 7 nitrogen and oxygen atoms in total. The number of hydrogen-bond acceptors (Lipinski definition) is 7. The predicted molar refractivity (Wildman–Crippen MR) is 144 cm³/mol. The van der Waals surface area contributed by atoms with Crippen LogP contribution in [0.4, 0.5) is 5.69 Å². The molecular weight excluding hydrogens is 454 g/mol. The fraction of sp³-hybridized carbons (Fsp3) is 0.759. The molecule has 0 radical (unpaired) electrons. The average Bonchev–Trinajstić information content (AvgIpc) is 3.69. The van der Waals surface area contributed by atoms with E-state index >= 15 is 0 Å². The molecule has 1 saturated heterocycles. The number of Topliss-reactive ketones (excluding diaryl/α,β-unsaturated/α-hetero) is 1. The zero-order valence-electron chi connectivity index (χ0n) is 23.1. The first-order valence-electron chi connectivity index (χ1n) is 13.8. The molecule has 36 heavy (non-hydrogen) atoms. The number of hydrogen-bond donors (Lipinski definition) is 0. The normalized spacial score (nSPS) is 24.4. The largest absolute Gasteiger partial charge is 0.382 e. The second kappa shape index (κ2) is 12.4. The van der Waals surface area contributed by atoms with Crippen molar-refractivity contribution in [1.29, 1.82) is 0 Å². The van der Waals surface area contributed by atoms with E-state index < -0.39 is 0 Å². The molecule has 3 aliphatic rings. The Morgan fingerprint density at radius 3 is 2.33 bits per heavy atom. The maximum absolute atomic E-state index is 13.6. The van der Waals surface area contributed by atoms with Crippen molar-refractivity contribution in [2.45, 2.75) is 45.1 Å². The molecule has 1 heterocycles. The summed E-state index contributed by atoms with van der Waals surface area (Å²) >= 11 is 0. The predicted octanol–water partition coefficient (Wildman–Crippen LogP) is 3.31. The van der Waals surface area contributed by atoms with Gasteiger partial charge in [0, 0.05) is 57.6 Å². The Hall–Kier alpha value is -1.51. The molecule has 0 bridgehead atoms. The van der Waals surface area contributed by atoms with E-state index in [2.05, 4.69) is 60.7 Å². The quantitative estimate of drug-likeness (QED) is 0.385. The Balaban J connectivity index is 1.30. The van der Waals surface area contributed by atoms with Crippen molar-refractivity contribution in [2.75, 3.05) is 91.4 Å². The number of fused-ring (bicyclic) bond motifs is 1. The highest BCUT2D eigenvalue weighted by Gasteiger charge is 2.47. The first kappa shape index (κ1) is 27.5. The molecule has 2 fully saturated rings. The molecule has 0 aromatic heterocycles. The Labute approximate surface area is 218 Å². The summed E-state index contributed by atoms with van der Waals surface area (Å²) in [5.74, 6) is 1.37. The highest BCUT2D eigenvalue weighted by Crippen LogP contribution is 2.44. The van der Waals surface area contributed by atoms with Crippen molar-refractivity contribution in [3.8, 4) is 0 Å². The summed E-state index contributed by atoms with van der Waals surface area (Å²) in [7, 11) is 3.83. The van der Waals surface area contributed by atoms with Crippen LogP contribution in [0.3, 0.4) is 0 Å². The van der Waals surface area contributed by atoms with Crippen LogP contribution in [0.5, 0.6) is 0 Å². The van der Waals surface area contributed by atoms with Crippen molar-refractivity contribution in [2.24, 2.45) is 11.8 Å². The third kappa shape index (κ3) is 6.48. The van der Waals surface area contributed by atoms with Gasteiger partial charge in [0.1, 0.15) is 0 Å². The molecule has 4 rings (SSSR count). The summed E-state index contributed by atoms with van der Waals surface area (Å²) in [5.41, 5.74) is 3.35. The van der Waals surface area contributed by atoms with Gasteiger partial charge in [0.25, 0.3) is 0 Å². The van der Waals surface area contributed by atoms with Gasteiger partial charge >= 0.3 is 0 Å². The number of benzene rings is 1. The van der Waals surface area contributed by atoms with Crippen molar-refractivity contribution in [3.05, 3.63) is 29.3 Å². The summed E-state index contributed by atoms with van der Waals surface area (Å²) in [4.78, 5) is 20.9. The van der Waals surface area contributed by atoms with Crippen LogP contribution >= 0.6 is 0 Å². The third-order valence-corrected chi connectivity index (χ3v) is 8.65. The van der Waals surface area contributed by atoms with Crippen LogP contribution in [0.15, 0.2) is 18.2 Å². The zero-order valence-corrected chi connectivity index (χ0v) is 23.1. The molecule has 202 valence electrons. The number of likely N-dealkylation sites (N-methyl/N-ethyl adjacent to an activating group) is 1. The number of carbonyl (C=O) groups excluding carboxylic acids is 1. The molecule has 2 atom stereocenters. The van der Waals surface area contributed by atoms with Crippen LogP contribution in [0.25, 0.3) is 0 Å². The lowest BCUT2D eigenvalue weighted by Crippen LogP contribution is -2.54. The zero-order chi connectivity index (χ0) is 25.7. The lowest BCUT2D eigenvalue weighted by atomic mass is 9.63. The highest BCUT2D eigenvalue weighted by atomic mass is 16.5. The SMILES string of the molecule is COCCOCCOCCN1CCN(c2ccc3c(c2)C(C)(C)[C@@H](C)C(N(C)CC2CC2)C3=O)CC1. The molecule has 0 N–H and O–H groups in total. The van der Waals surface area contributed by atoms with Crippen molar-refractivity contribution >= 4 is 11.5 Å². The monoisotopic (exact) mass is 501 g/mol. The van der Waals surface area contributed by atoms with Gasteiger partial charge in [-0.3, -0.25) is 14.6 Å². The number of ether oxygens (including phenoxy) is 3. The van der Waals surface area contributed by atoms with Crippen LogP contribution in [-0.4, -0.2) is 108 Å². The molecule has 1 saturated carbocycles. The summed E-state index contributed by atoms with van der Waals surface area (Å²) in [6, 6.07) is 6.56. The van der Waals surface area contributed by atoms with E-state index in [-0.39, 0.29) is 17.4 Å². The van der Waals surface area contributed by atoms with Crippen LogP contribution in [-0.2, 0) is 19.6 Å². The van der Waals surface area contributed by atoms with E-state index in [4.69, 9.17) is 14.2 Å². The molecule has 1 unspecified atom stereocenters. The van der Waals surface area contributed by atoms with Crippen molar-refractivity contribution in [1.82, 2.24) is 9.80 Å².